The molecule has 32 heavy (non-hydrogen) atoms. The van der Waals surface area contributed by atoms with Crippen LogP contribution in [0.1, 0.15) is 35.7 Å². The van der Waals surface area contributed by atoms with Gasteiger partial charge in [0, 0.05) is 22.2 Å². The largest absolute Gasteiger partial charge is 0.436 e. The van der Waals surface area contributed by atoms with Crippen LogP contribution in [-0.4, -0.2) is 25.5 Å². The Labute approximate surface area is 203 Å². The highest BCUT2D eigenvalue weighted by Gasteiger charge is 2.42. The molecule has 0 unspecified atom stereocenters. The van der Waals surface area contributed by atoms with Crippen molar-refractivity contribution in [3.8, 4) is 0 Å². The molecule has 4 rings (SSSR count). The van der Waals surface area contributed by atoms with Crippen LogP contribution >= 0.6 is 50.7 Å². The van der Waals surface area contributed by atoms with Crippen molar-refractivity contribution in [2.75, 3.05) is 5.32 Å². The topological polar surface area (TPSA) is 64.7 Å². The van der Waals surface area contributed by atoms with Gasteiger partial charge in [-0.25, -0.2) is 0 Å². The van der Waals surface area contributed by atoms with Gasteiger partial charge in [0.05, 0.1) is 21.7 Å². The van der Waals surface area contributed by atoms with Gasteiger partial charge in [-0.1, -0.05) is 40.9 Å². The summed E-state index contributed by atoms with van der Waals surface area (Å²) in [5.41, 5.74) is -0.181. The van der Waals surface area contributed by atoms with E-state index < -0.39 is 29.3 Å². The minimum Gasteiger partial charge on any atom is -0.307 e. The van der Waals surface area contributed by atoms with Gasteiger partial charge in [-0.05, 0) is 46.5 Å². The molecule has 0 aliphatic heterocycles. The molecule has 1 aromatic carbocycles. The quantitative estimate of drug-likeness (QED) is 0.373. The van der Waals surface area contributed by atoms with Gasteiger partial charge in [-0.15, -0.1) is 0 Å². The van der Waals surface area contributed by atoms with Crippen LogP contribution in [0.15, 0.2) is 28.9 Å². The molecule has 0 atom stereocenters. The number of alkyl halides is 3. The SMILES string of the molecule is O=C(Cn1nc(C(F)(F)F)c(Cl)c1C1CC1)Nc1nn(Cc2ccc(Cl)cc2Cl)cc1Br. The molecular formula is C19H14BrCl3F3N5O. The summed E-state index contributed by atoms with van der Waals surface area (Å²) in [4.78, 5) is 12.6. The van der Waals surface area contributed by atoms with Crippen molar-refractivity contribution in [2.24, 2.45) is 0 Å². The number of carbonyl (C=O) groups is 1. The maximum atomic E-state index is 13.2. The van der Waals surface area contributed by atoms with E-state index in [0.717, 1.165) is 10.2 Å². The van der Waals surface area contributed by atoms with E-state index in [4.69, 9.17) is 34.8 Å². The molecule has 0 bridgehead atoms. The zero-order valence-electron chi connectivity index (χ0n) is 16.1. The third kappa shape index (κ3) is 5.08. The zero-order chi connectivity index (χ0) is 23.2. The molecule has 6 nitrogen and oxygen atoms in total. The number of benzene rings is 1. The second kappa shape index (κ2) is 8.89. The molecule has 2 aromatic heterocycles. The summed E-state index contributed by atoms with van der Waals surface area (Å²) in [5, 5.41) is 11.0. The monoisotopic (exact) mass is 569 g/mol. The lowest BCUT2D eigenvalue weighted by atomic mass is 10.2. The van der Waals surface area contributed by atoms with E-state index in [-0.39, 0.29) is 17.4 Å². The van der Waals surface area contributed by atoms with Crippen LogP contribution < -0.4 is 5.32 Å². The number of amides is 1. The molecule has 1 aliphatic rings. The molecule has 1 fully saturated rings. The number of anilines is 1. The van der Waals surface area contributed by atoms with Gasteiger partial charge in [0.1, 0.15) is 6.54 Å². The Morgan fingerprint density at radius 2 is 1.94 bits per heavy atom. The van der Waals surface area contributed by atoms with Crippen molar-refractivity contribution in [3.05, 3.63) is 60.9 Å². The molecule has 13 heteroatoms. The minimum absolute atomic E-state index is 0.131. The van der Waals surface area contributed by atoms with E-state index in [2.05, 4.69) is 31.4 Å². The Kier molecular flexibility index (Phi) is 6.50. The number of aromatic nitrogens is 4. The van der Waals surface area contributed by atoms with E-state index in [1.165, 1.54) is 0 Å². The third-order valence-electron chi connectivity index (χ3n) is 4.78. The first-order chi connectivity index (χ1) is 15.0. The highest BCUT2D eigenvalue weighted by molar-refractivity contribution is 9.10. The second-order valence-electron chi connectivity index (χ2n) is 7.28. The van der Waals surface area contributed by atoms with Crippen LogP contribution in [0, 0.1) is 0 Å². The molecule has 1 saturated carbocycles. The normalized spacial score (nSPS) is 14.1. The van der Waals surface area contributed by atoms with Crippen molar-refractivity contribution >= 4 is 62.5 Å². The molecule has 0 saturated heterocycles. The van der Waals surface area contributed by atoms with Crippen LogP contribution in [0.2, 0.25) is 15.1 Å². The number of hydrogen-bond acceptors (Lipinski definition) is 3. The fourth-order valence-corrected chi connectivity index (χ4v) is 4.48. The fourth-order valence-electron chi connectivity index (χ4n) is 3.20. The van der Waals surface area contributed by atoms with Gasteiger partial charge in [0.25, 0.3) is 0 Å². The number of halogens is 7. The zero-order valence-corrected chi connectivity index (χ0v) is 19.9. The predicted molar refractivity (Wildman–Crippen MR) is 118 cm³/mol. The Morgan fingerprint density at radius 3 is 2.56 bits per heavy atom. The maximum Gasteiger partial charge on any atom is 0.436 e. The van der Waals surface area contributed by atoms with Gasteiger partial charge in [0.15, 0.2) is 11.5 Å². The third-order valence-corrected chi connectivity index (χ3v) is 6.32. The highest BCUT2D eigenvalue weighted by Crippen LogP contribution is 2.46. The van der Waals surface area contributed by atoms with Crippen LogP contribution in [0.4, 0.5) is 19.0 Å². The van der Waals surface area contributed by atoms with E-state index in [1.54, 1.807) is 29.1 Å². The Morgan fingerprint density at radius 1 is 1.22 bits per heavy atom. The molecule has 3 aromatic rings. The molecule has 0 radical (unpaired) electrons. The highest BCUT2D eigenvalue weighted by atomic mass is 79.9. The summed E-state index contributed by atoms with van der Waals surface area (Å²) >= 11 is 21.4. The summed E-state index contributed by atoms with van der Waals surface area (Å²) in [6.45, 7) is -0.107. The molecular weight excluding hydrogens is 558 g/mol. The first-order valence-corrected chi connectivity index (χ1v) is 11.3. The standard InChI is InChI=1S/C19H14BrCl3F3N5O/c20-12-7-30(6-10-3-4-11(21)5-13(10)22)29-18(12)27-14(32)8-31-16(9-1-2-9)15(23)17(28-31)19(24,25)26/h3-5,7,9H,1-2,6,8H2,(H,27,29,32). The smallest absolute Gasteiger partial charge is 0.307 e. The van der Waals surface area contributed by atoms with Gasteiger partial charge in [-0.2, -0.15) is 23.4 Å². The summed E-state index contributed by atoms with van der Waals surface area (Å²) in [6.07, 6.45) is -1.66. The van der Waals surface area contributed by atoms with Crippen LogP contribution in [0.25, 0.3) is 0 Å². The first kappa shape index (κ1) is 23.4. The predicted octanol–water partition coefficient (Wildman–Crippen LogP) is 6.39. The van der Waals surface area contributed by atoms with Crippen LogP contribution in [0.3, 0.4) is 0 Å². The number of carbonyl (C=O) groups excluding carboxylic acids is 1. The Balaban J connectivity index is 1.49. The van der Waals surface area contributed by atoms with Crippen molar-refractivity contribution < 1.29 is 18.0 Å². The number of rotatable bonds is 6. The average molecular weight is 572 g/mol. The minimum atomic E-state index is -4.70. The van der Waals surface area contributed by atoms with Crippen molar-refractivity contribution in [1.82, 2.24) is 19.6 Å². The molecule has 1 aliphatic carbocycles. The lowest BCUT2D eigenvalue weighted by molar-refractivity contribution is -0.141. The summed E-state index contributed by atoms with van der Waals surface area (Å²) in [7, 11) is 0. The average Bonchev–Trinajstić information content (AvgIpc) is 3.38. The van der Waals surface area contributed by atoms with Crippen LogP contribution in [0.5, 0.6) is 0 Å². The molecule has 0 spiro atoms. The molecule has 170 valence electrons. The van der Waals surface area contributed by atoms with Crippen molar-refractivity contribution in [2.45, 2.75) is 38.0 Å². The number of hydrogen-bond donors (Lipinski definition) is 1. The van der Waals surface area contributed by atoms with Gasteiger partial charge in [-0.3, -0.25) is 14.2 Å². The van der Waals surface area contributed by atoms with E-state index in [9.17, 15) is 18.0 Å². The summed E-state index contributed by atoms with van der Waals surface area (Å²) in [6, 6.07) is 5.07. The second-order valence-corrected chi connectivity index (χ2v) is 9.36. The van der Waals surface area contributed by atoms with E-state index >= 15 is 0 Å². The molecule has 1 amide bonds. The number of nitrogens with zero attached hydrogens (tertiary/aromatic N) is 4. The fraction of sp³-hybridized carbons (Fsp3) is 0.316. The van der Waals surface area contributed by atoms with Gasteiger partial charge >= 0.3 is 6.18 Å². The lowest BCUT2D eigenvalue weighted by Gasteiger charge is -2.07. The Bertz CT molecular complexity index is 1190. The van der Waals surface area contributed by atoms with E-state index in [1.807, 2.05) is 0 Å². The molecule has 1 N–H and O–H groups in total. The Hall–Kier alpha value is -1.75. The number of nitrogens with one attached hydrogen (secondary N) is 1. The molecule has 2 heterocycles. The lowest BCUT2D eigenvalue weighted by Crippen LogP contribution is -2.22. The van der Waals surface area contributed by atoms with Crippen molar-refractivity contribution in [3.63, 3.8) is 0 Å². The van der Waals surface area contributed by atoms with Gasteiger partial charge in [0.2, 0.25) is 5.91 Å². The van der Waals surface area contributed by atoms with E-state index in [0.29, 0.717) is 33.9 Å². The summed E-state index contributed by atoms with van der Waals surface area (Å²) < 4.78 is 42.7. The maximum absolute atomic E-state index is 13.2. The van der Waals surface area contributed by atoms with Crippen molar-refractivity contribution in [1.29, 1.82) is 0 Å². The summed E-state index contributed by atoms with van der Waals surface area (Å²) in [5.74, 6) is -0.508. The van der Waals surface area contributed by atoms with Gasteiger partial charge < -0.3 is 5.32 Å². The first-order valence-electron chi connectivity index (χ1n) is 9.33. The van der Waals surface area contributed by atoms with Crippen LogP contribution in [-0.2, 0) is 24.1 Å².